The average Bonchev–Trinajstić information content (AvgIpc) is 2.94. The van der Waals surface area contributed by atoms with Crippen LogP contribution in [0.1, 0.15) is 24.9 Å². The molecule has 0 saturated carbocycles. The fourth-order valence-electron chi connectivity index (χ4n) is 4.28. The molecule has 0 spiro atoms. The zero-order chi connectivity index (χ0) is 19.0. The highest BCUT2D eigenvalue weighted by Crippen LogP contribution is 2.28. The van der Waals surface area contributed by atoms with Crippen molar-refractivity contribution in [3.05, 3.63) is 58.5 Å². The van der Waals surface area contributed by atoms with Crippen LogP contribution in [0, 0.1) is 0 Å². The van der Waals surface area contributed by atoms with Gasteiger partial charge < -0.3 is 5.32 Å². The first kappa shape index (κ1) is 18.0. The van der Waals surface area contributed by atoms with Gasteiger partial charge in [0.1, 0.15) is 0 Å². The highest BCUT2D eigenvalue weighted by Gasteiger charge is 2.20. The van der Waals surface area contributed by atoms with Crippen molar-refractivity contribution in [2.45, 2.75) is 19.4 Å². The number of nitrogens with zero attached hydrogens (tertiary/aromatic N) is 3. The van der Waals surface area contributed by atoms with Gasteiger partial charge >= 0.3 is 5.69 Å². The van der Waals surface area contributed by atoms with Crippen LogP contribution in [0.4, 0.5) is 0 Å². The lowest BCUT2D eigenvalue weighted by Gasteiger charge is -2.34. The van der Waals surface area contributed by atoms with Crippen LogP contribution in [0.25, 0.3) is 22.2 Å². The van der Waals surface area contributed by atoms with Crippen LogP contribution in [0.2, 0.25) is 0 Å². The molecular weight excluding hydrogens is 336 g/mol. The Kier molecular flexibility index (Phi) is 4.89. The van der Waals surface area contributed by atoms with E-state index in [-0.39, 0.29) is 5.69 Å². The highest BCUT2D eigenvalue weighted by molar-refractivity contribution is 5.82. The number of aromatic nitrogens is 2. The van der Waals surface area contributed by atoms with Crippen LogP contribution < -0.4 is 11.0 Å². The summed E-state index contributed by atoms with van der Waals surface area (Å²) >= 11 is 0. The lowest BCUT2D eigenvalue weighted by molar-refractivity contribution is 0.169. The van der Waals surface area contributed by atoms with E-state index in [1.807, 2.05) is 20.2 Å². The lowest BCUT2D eigenvalue weighted by Crippen LogP contribution is -2.45. The largest absolute Gasteiger partial charge is 0.328 e. The highest BCUT2D eigenvalue weighted by atomic mass is 16.1. The van der Waals surface area contributed by atoms with Gasteiger partial charge in [0.05, 0.1) is 11.0 Å². The standard InChI is InChI=1S/C22H28N4O/c1-4-19(26-13-11-23-12-14-26)17-7-5-16(6-8-17)18-9-10-20-21(15-18)25(3)22(27)24(20)2/h5-10,15,19,23H,4,11-14H2,1-3H3. The lowest BCUT2D eigenvalue weighted by atomic mass is 9.98. The Balaban J connectivity index is 1.64. The Bertz CT molecular complexity index is 994. The van der Waals surface area contributed by atoms with Gasteiger partial charge in [-0.05, 0) is 35.2 Å². The van der Waals surface area contributed by atoms with Crippen molar-refractivity contribution in [2.75, 3.05) is 26.2 Å². The van der Waals surface area contributed by atoms with Crippen molar-refractivity contribution in [1.82, 2.24) is 19.4 Å². The second-order valence-electron chi connectivity index (χ2n) is 7.44. The van der Waals surface area contributed by atoms with Gasteiger partial charge in [-0.3, -0.25) is 14.0 Å². The molecule has 5 heteroatoms. The molecular formula is C22H28N4O. The molecule has 1 saturated heterocycles. The Morgan fingerprint density at radius 1 is 0.926 bits per heavy atom. The molecule has 3 aromatic rings. The van der Waals surface area contributed by atoms with Gasteiger partial charge in [0, 0.05) is 46.3 Å². The second kappa shape index (κ2) is 7.33. The summed E-state index contributed by atoms with van der Waals surface area (Å²) in [5.74, 6) is 0. The zero-order valence-electron chi connectivity index (χ0n) is 16.4. The van der Waals surface area contributed by atoms with E-state index in [0.29, 0.717) is 6.04 Å². The predicted octanol–water partition coefficient (Wildman–Crippen LogP) is 2.90. The van der Waals surface area contributed by atoms with Gasteiger partial charge in [0.2, 0.25) is 0 Å². The molecule has 1 aromatic heterocycles. The van der Waals surface area contributed by atoms with E-state index in [1.54, 1.807) is 9.13 Å². The van der Waals surface area contributed by atoms with Gasteiger partial charge in [-0.1, -0.05) is 37.3 Å². The molecule has 0 bridgehead atoms. The van der Waals surface area contributed by atoms with Crippen molar-refractivity contribution in [1.29, 1.82) is 0 Å². The summed E-state index contributed by atoms with van der Waals surface area (Å²) in [5.41, 5.74) is 5.66. The Morgan fingerprint density at radius 2 is 1.56 bits per heavy atom. The van der Waals surface area contributed by atoms with Gasteiger partial charge in [-0.2, -0.15) is 0 Å². The van der Waals surface area contributed by atoms with Crippen molar-refractivity contribution < 1.29 is 0 Å². The smallest absolute Gasteiger partial charge is 0.314 e. The first-order chi connectivity index (χ1) is 13.1. The predicted molar refractivity (Wildman–Crippen MR) is 111 cm³/mol. The van der Waals surface area contributed by atoms with E-state index in [1.165, 1.54) is 11.1 Å². The SMILES string of the molecule is CCC(c1ccc(-c2ccc3c(c2)n(C)c(=O)n3C)cc1)N1CCNCC1. The Labute approximate surface area is 160 Å². The van der Waals surface area contributed by atoms with E-state index in [9.17, 15) is 4.79 Å². The normalized spacial score (nSPS) is 16.7. The zero-order valence-corrected chi connectivity index (χ0v) is 16.4. The molecule has 1 aliphatic heterocycles. The van der Waals surface area contributed by atoms with E-state index < -0.39 is 0 Å². The molecule has 2 heterocycles. The summed E-state index contributed by atoms with van der Waals surface area (Å²) in [7, 11) is 3.65. The Hall–Kier alpha value is -2.37. The Morgan fingerprint density at radius 3 is 2.22 bits per heavy atom. The molecule has 1 aliphatic rings. The maximum atomic E-state index is 12.2. The summed E-state index contributed by atoms with van der Waals surface area (Å²) in [5, 5.41) is 3.43. The molecule has 1 N–H and O–H groups in total. The summed E-state index contributed by atoms with van der Waals surface area (Å²) in [6.07, 6.45) is 1.12. The number of imidazole rings is 1. The third-order valence-electron chi connectivity index (χ3n) is 5.88. The first-order valence-corrected chi connectivity index (χ1v) is 9.80. The molecule has 0 radical (unpaired) electrons. The van der Waals surface area contributed by atoms with Crippen LogP contribution >= 0.6 is 0 Å². The molecule has 142 valence electrons. The van der Waals surface area contributed by atoms with Crippen molar-refractivity contribution in [3.63, 3.8) is 0 Å². The average molecular weight is 364 g/mol. The van der Waals surface area contributed by atoms with Crippen LogP contribution in [0.5, 0.6) is 0 Å². The molecule has 1 atom stereocenters. The van der Waals surface area contributed by atoms with E-state index >= 15 is 0 Å². The number of hydrogen-bond donors (Lipinski definition) is 1. The third-order valence-corrected chi connectivity index (χ3v) is 5.88. The topological polar surface area (TPSA) is 42.2 Å². The first-order valence-electron chi connectivity index (χ1n) is 9.80. The molecule has 27 heavy (non-hydrogen) atoms. The third kappa shape index (κ3) is 3.22. The molecule has 0 amide bonds. The van der Waals surface area contributed by atoms with E-state index in [2.05, 4.69) is 53.5 Å². The monoisotopic (exact) mass is 364 g/mol. The van der Waals surface area contributed by atoms with Crippen molar-refractivity contribution >= 4 is 11.0 Å². The molecule has 0 aliphatic carbocycles. The van der Waals surface area contributed by atoms with Gasteiger partial charge in [0.15, 0.2) is 0 Å². The number of rotatable bonds is 4. The van der Waals surface area contributed by atoms with E-state index in [0.717, 1.165) is 49.2 Å². The number of aryl methyl sites for hydroxylation is 2. The molecule has 4 rings (SSSR count). The maximum Gasteiger partial charge on any atom is 0.328 e. The molecule has 2 aromatic carbocycles. The van der Waals surface area contributed by atoms with Gasteiger partial charge in [0.25, 0.3) is 0 Å². The molecule has 1 fully saturated rings. The van der Waals surface area contributed by atoms with Crippen molar-refractivity contribution in [3.8, 4) is 11.1 Å². The minimum absolute atomic E-state index is 0.0132. The second-order valence-corrected chi connectivity index (χ2v) is 7.44. The van der Waals surface area contributed by atoms with Crippen LogP contribution in [0.3, 0.4) is 0 Å². The van der Waals surface area contributed by atoms with Gasteiger partial charge in [-0.25, -0.2) is 4.79 Å². The maximum absolute atomic E-state index is 12.2. The molecule has 1 unspecified atom stereocenters. The van der Waals surface area contributed by atoms with E-state index in [4.69, 9.17) is 0 Å². The minimum atomic E-state index is 0.0132. The minimum Gasteiger partial charge on any atom is -0.314 e. The number of fused-ring (bicyclic) bond motifs is 1. The van der Waals surface area contributed by atoms with Crippen LogP contribution in [0.15, 0.2) is 47.3 Å². The fraction of sp³-hybridized carbons (Fsp3) is 0.409. The summed E-state index contributed by atoms with van der Waals surface area (Å²) in [4.78, 5) is 14.7. The summed E-state index contributed by atoms with van der Waals surface area (Å²) in [6.45, 7) is 6.64. The molecule has 5 nitrogen and oxygen atoms in total. The number of nitrogens with one attached hydrogen (secondary N) is 1. The van der Waals surface area contributed by atoms with Gasteiger partial charge in [-0.15, -0.1) is 0 Å². The number of benzene rings is 2. The fourth-order valence-corrected chi connectivity index (χ4v) is 4.28. The number of piperazine rings is 1. The summed E-state index contributed by atoms with van der Waals surface area (Å²) in [6, 6.07) is 15.7. The number of hydrogen-bond acceptors (Lipinski definition) is 3. The van der Waals surface area contributed by atoms with Crippen molar-refractivity contribution in [2.24, 2.45) is 14.1 Å². The van der Waals surface area contributed by atoms with Crippen LogP contribution in [-0.4, -0.2) is 40.2 Å². The van der Waals surface area contributed by atoms with Crippen LogP contribution in [-0.2, 0) is 14.1 Å². The summed E-state index contributed by atoms with van der Waals surface area (Å²) < 4.78 is 3.41. The quantitative estimate of drug-likeness (QED) is 0.774.